The van der Waals surface area contributed by atoms with E-state index in [4.69, 9.17) is 5.73 Å². The summed E-state index contributed by atoms with van der Waals surface area (Å²) in [5.74, 6) is 0.433. The predicted octanol–water partition coefficient (Wildman–Crippen LogP) is 1.30. The molecule has 1 aromatic rings. The fourth-order valence-corrected chi connectivity index (χ4v) is 4.04. The predicted molar refractivity (Wildman–Crippen MR) is 78.3 cm³/mol. The van der Waals surface area contributed by atoms with Gasteiger partial charge in [-0.25, -0.2) is 5.43 Å². The molecule has 1 aromatic heterocycles. The fourth-order valence-electron chi connectivity index (χ4n) is 4.04. The Bertz CT molecular complexity index is 527. The third-order valence-corrected chi connectivity index (χ3v) is 4.89. The first-order valence-corrected chi connectivity index (χ1v) is 7.19. The van der Waals surface area contributed by atoms with E-state index >= 15 is 0 Å². The first-order chi connectivity index (χ1) is 9.54. The van der Waals surface area contributed by atoms with Crippen LogP contribution in [0.1, 0.15) is 36.9 Å². The molecule has 1 heterocycles. The van der Waals surface area contributed by atoms with E-state index < -0.39 is 0 Å². The van der Waals surface area contributed by atoms with Crippen LogP contribution in [0.2, 0.25) is 0 Å². The highest BCUT2D eigenvalue weighted by Crippen LogP contribution is 2.58. The van der Waals surface area contributed by atoms with E-state index in [2.05, 4.69) is 28.1 Å². The van der Waals surface area contributed by atoms with Crippen molar-refractivity contribution in [2.45, 2.75) is 38.6 Å². The van der Waals surface area contributed by atoms with Crippen LogP contribution in [-0.4, -0.2) is 22.7 Å². The van der Waals surface area contributed by atoms with Gasteiger partial charge in [0.05, 0.1) is 11.4 Å². The summed E-state index contributed by atoms with van der Waals surface area (Å²) in [5, 5.41) is 4.32. The minimum atomic E-state index is 0.390. The number of nitrogens with one attached hydrogen (secondary N) is 1. The SMILES string of the molecule is Cc1ccn(C)c1/C(=N\NC=O)C1CC2(CC(N)C2)C1. The molecule has 3 N–H and O–H groups in total. The molecule has 0 radical (unpaired) electrons. The molecule has 2 aliphatic rings. The van der Waals surface area contributed by atoms with Crippen molar-refractivity contribution in [1.82, 2.24) is 9.99 Å². The first-order valence-electron chi connectivity index (χ1n) is 7.19. The van der Waals surface area contributed by atoms with Gasteiger partial charge in [0.15, 0.2) is 0 Å². The summed E-state index contributed by atoms with van der Waals surface area (Å²) in [7, 11) is 2.02. The lowest BCUT2D eigenvalue weighted by Crippen LogP contribution is -2.55. The summed E-state index contributed by atoms with van der Waals surface area (Å²) in [5.41, 5.74) is 12.2. The Balaban J connectivity index is 1.81. The van der Waals surface area contributed by atoms with Crippen LogP contribution in [-0.2, 0) is 11.8 Å². The lowest BCUT2D eigenvalue weighted by atomic mass is 9.49. The van der Waals surface area contributed by atoms with Crippen LogP contribution in [0.15, 0.2) is 17.4 Å². The summed E-state index contributed by atoms with van der Waals surface area (Å²) in [6, 6.07) is 2.47. The second kappa shape index (κ2) is 4.74. The molecule has 5 nitrogen and oxygen atoms in total. The zero-order chi connectivity index (χ0) is 14.3. The lowest BCUT2D eigenvalue weighted by molar-refractivity contribution is -0.109. The van der Waals surface area contributed by atoms with Crippen LogP contribution in [0.4, 0.5) is 0 Å². The van der Waals surface area contributed by atoms with Crippen molar-refractivity contribution in [2.75, 3.05) is 0 Å². The molecule has 0 bridgehead atoms. The summed E-state index contributed by atoms with van der Waals surface area (Å²) in [6.07, 6.45) is 7.24. The van der Waals surface area contributed by atoms with Gasteiger partial charge in [0.2, 0.25) is 6.41 Å². The number of hydrazone groups is 1. The molecule has 0 atom stereocenters. The highest BCUT2D eigenvalue weighted by Gasteiger charge is 2.53. The van der Waals surface area contributed by atoms with Gasteiger partial charge >= 0.3 is 0 Å². The Morgan fingerprint density at radius 1 is 1.50 bits per heavy atom. The number of hydrogen-bond donors (Lipinski definition) is 2. The molecule has 5 heteroatoms. The molecule has 0 aromatic carbocycles. The quantitative estimate of drug-likeness (QED) is 0.493. The Morgan fingerprint density at radius 2 is 2.20 bits per heavy atom. The topological polar surface area (TPSA) is 72.4 Å². The van der Waals surface area contributed by atoms with Gasteiger partial charge in [-0.3, -0.25) is 4.79 Å². The van der Waals surface area contributed by atoms with Crippen LogP contribution in [0.25, 0.3) is 0 Å². The average Bonchev–Trinajstić information content (AvgIpc) is 2.65. The Labute approximate surface area is 119 Å². The Morgan fingerprint density at radius 3 is 2.70 bits per heavy atom. The molecule has 20 heavy (non-hydrogen) atoms. The highest BCUT2D eigenvalue weighted by atomic mass is 16.1. The molecule has 3 rings (SSSR count). The van der Waals surface area contributed by atoms with E-state index in [0.717, 1.165) is 37.1 Å². The van der Waals surface area contributed by atoms with Crippen molar-refractivity contribution in [3.63, 3.8) is 0 Å². The van der Waals surface area contributed by atoms with Crippen molar-refractivity contribution >= 4 is 12.1 Å². The summed E-state index contributed by atoms with van der Waals surface area (Å²) in [4.78, 5) is 10.6. The minimum absolute atomic E-state index is 0.390. The molecule has 108 valence electrons. The molecule has 0 unspecified atom stereocenters. The monoisotopic (exact) mass is 274 g/mol. The molecule has 2 fully saturated rings. The molecule has 1 spiro atoms. The third kappa shape index (κ3) is 2.06. The van der Waals surface area contributed by atoms with E-state index in [-0.39, 0.29) is 0 Å². The Kier molecular flexibility index (Phi) is 3.17. The number of nitrogens with zero attached hydrogens (tertiary/aromatic N) is 2. The normalized spacial score (nSPS) is 32.6. The maximum Gasteiger partial charge on any atom is 0.227 e. The molecular formula is C15H22N4O. The third-order valence-electron chi connectivity index (χ3n) is 4.89. The van der Waals surface area contributed by atoms with Crippen LogP contribution in [0, 0.1) is 18.3 Å². The van der Waals surface area contributed by atoms with E-state index in [9.17, 15) is 4.79 Å². The van der Waals surface area contributed by atoms with Crippen molar-refractivity contribution in [3.8, 4) is 0 Å². The summed E-state index contributed by atoms with van der Waals surface area (Å²) < 4.78 is 2.08. The second-order valence-electron chi connectivity index (χ2n) is 6.48. The minimum Gasteiger partial charge on any atom is -0.349 e. The number of aromatic nitrogens is 1. The largest absolute Gasteiger partial charge is 0.349 e. The van der Waals surface area contributed by atoms with Crippen molar-refractivity contribution in [3.05, 3.63) is 23.5 Å². The van der Waals surface area contributed by atoms with E-state index in [1.165, 1.54) is 5.56 Å². The molecule has 1 amide bonds. The molecule has 2 saturated carbocycles. The van der Waals surface area contributed by atoms with E-state index in [0.29, 0.717) is 23.8 Å². The highest BCUT2D eigenvalue weighted by molar-refractivity contribution is 6.03. The second-order valence-corrected chi connectivity index (χ2v) is 6.48. The van der Waals surface area contributed by atoms with Gasteiger partial charge in [0.1, 0.15) is 0 Å². The van der Waals surface area contributed by atoms with Gasteiger partial charge in [0, 0.05) is 25.2 Å². The number of carbonyl (C=O) groups is 1. The number of rotatable bonds is 4. The zero-order valence-corrected chi connectivity index (χ0v) is 12.1. The lowest BCUT2D eigenvalue weighted by Gasteiger charge is -2.57. The van der Waals surface area contributed by atoms with Gasteiger partial charge < -0.3 is 10.3 Å². The van der Waals surface area contributed by atoms with Crippen molar-refractivity contribution in [2.24, 2.45) is 29.2 Å². The van der Waals surface area contributed by atoms with Crippen LogP contribution >= 0.6 is 0 Å². The first kappa shape index (κ1) is 13.4. The number of carbonyl (C=O) groups excluding carboxylic acids is 1. The number of amides is 1. The van der Waals surface area contributed by atoms with Gasteiger partial charge in [-0.15, -0.1) is 0 Å². The maximum absolute atomic E-state index is 10.6. The average molecular weight is 274 g/mol. The number of nitrogens with two attached hydrogens (primary N) is 1. The molecule has 0 saturated heterocycles. The van der Waals surface area contributed by atoms with Crippen molar-refractivity contribution in [1.29, 1.82) is 0 Å². The summed E-state index contributed by atoms with van der Waals surface area (Å²) in [6.45, 7) is 2.08. The van der Waals surface area contributed by atoms with E-state index in [1.807, 2.05) is 13.2 Å². The van der Waals surface area contributed by atoms with E-state index in [1.54, 1.807) is 0 Å². The van der Waals surface area contributed by atoms with Crippen LogP contribution in [0.5, 0.6) is 0 Å². The molecular weight excluding hydrogens is 252 g/mol. The van der Waals surface area contributed by atoms with Gasteiger partial charge in [-0.05, 0) is 49.7 Å². The van der Waals surface area contributed by atoms with Crippen LogP contribution < -0.4 is 11.2 Å². The number of hydrogen-bond acceptors (Lipinski definition) is 3. The standard InChI is InChI=1S/C15H22N4O/c1-10-3-4-19(2)14(10)13(18-17-9-20)11-5-15(6-11)7-12(16)8-15/h3-4,9,11-12H,5-8,16H2,1-2H3,(H,17,20)/b18-13-. The Hall–Kier alpha value is -1.62. The van der Waals surface area contributed by atoms with Gasteiger partial charge in [0.25, 0.3) is 0 Å². The molecule has 0 aliphatic heterocycles. The zero-order valence-electron chi connectivity index (χ0n) is 12.1. The summed E-state index contributed by atoms with van der Waals surface area (Å²) >= 11 is 0. The maximum atomic E-state index is 10.6. The van der Waals surface area contributed by atoms with Gasteiger partial charge in [-0.2, -0.15) is 5.10 Å². The smallest absolute Gasteiger partial charge is 0.227 e. The molecule has 2 aliphatic carbocycles. The van der Waals surface area contributed by atoms with Crippen LogP contribution in [0.3, 0.4) is 0 Å². The van der Waals surface area contributed by atoms with Gasteiger partial charge in [-0.1, -0.05) is 0 Å². The number of aryl methyl sites for hydroxylation is 2. The van der Waals surface area contributed by atoms with Crippen molar-refractivity contribution < 1.29 is 4.79 Å². The fraction of sp³-hybridized carbons (Fsp3) is 0.600.